The molecular formula is CoN2O. The largest absolute Gasteiger partial charge is 0.294 e. The van der Waals surface area contributed by atoms with Crippen molar-refractivity contribution < 1.29 is 16.8 Å². The van der Waals surface area contributed by atoms with E-state index in [1.54, 1.807) is 0 Å². The molecule has 0 atom stereocenters. The van der Waals surface area contributed by atoms with Crippen LogP contribution in [0.15, 0.2) is 0 Å². The minimum atomic E-state index is 0. The topological polar surface area (TPSA) is 53.5 Å². The molecule has 0 aromatic carbocycles. The summed E-state index contributed by atoms with van der Waals surface area (Å²) in [7, 11) is 0. The predicted molar refractivity (Wildman–Crippen MR) is 8.86 cm³/mol. The van der Waals surface area contributed by atoms with Crippen LogP contribution in [0.5, 0.6) is 0 Å². The summed E-state index contributed by atoms with van der Waals surface area (Å²) in [6.07, 6.45) is 0. The van der Waals surface area contributed by atoms with E-state index >= 15 is 0 Å². The van der Waals surface area contributed by atoms with E-state index < -0.39 is 0 Å². The molecule has 0 aliphatic heterocycles. The Labute approximate surface area is 33.1 Å². The SMILES string of the molecule is [Co].[N-]=[N+]=O. The average Bonchev–Trinajstić information content (AvgIpc) is 0.918. The summed E-state index contributed by atoms with van der Waals surface area (Å²) in [4.78, 5) is 9.36. The molecule has 0 spiro atoms. The molecule has 3 nitrogen and oxygen atoms in total. The fourth-order valence-corrected chi connectivity index (χ4v) is 0. The van der Waals surface area contributed by atoms with Crippen molar-refractivity contribution in [2.45, 2.75) is 0 Å². The van der Waals surface area contributed by atoms with Crippen molar-refractivity contribution in [3.63, 3.8) is 0 Å². The average molecular weight is 103 g/mol. The van der Waals surface area contributed by atoms with Gasteiger partial charge in [-0.05, 0) is 0 Å². The molecule has 0 fully saturated rings. The molecule has 0 rings (SSSR count). The molecule has 4 heavy (non-hydrogen) atoms. The summed E-state index contributed by atoms with van der Waals surface area (Å²) in [5, 5.41) is 0. The van der Waals surface area contributed by atoms with Crippen LogP contribution < -0.4 is 4.97 Å². The number of nitrogens with zero attached hydrogens (tertiary/aromatic N) is 2. The van der Waals surface area contributed by atoms with Gasteiger partial charge < -0.3 is 0 Å². The molecule has 0 saturated heterocycles. The first kappa shape index (κ1) is 9.18. The van der Waals surface area contributed by atoms with Crippen LogP contribution in [0, 0.1) is 4.91 Å². The number of hydrogen-bond acceptors (Lipinski definition) is 1. The Morgan fingerprint density at radius 3 is 1.75 bits per heavy atom. The van der Waals surface area contributed by atoms with Gasteiger partial charge in [0.05, 0.1) is 0 Å². The normalized spacial score (nSPS) is 2.00. The zero-order valence-electron chi connectivity index (χ0n) is 1.64. The van der Waals surface area contributed by atoms with Crippen LogP contribution >= 0.6 is 0 Å². The van der Waals surface area contributed by atoms with Gasteiger partial charge in [0.1, 0.15) is 4.97 Å². The second-order valence-corrected chi connectivity index (χ2v) is 0.0816. The van der Waals surface area contributed by atoms with Crippen LogP contribution in [0.4, 0.5) is 0 Å². The Balaban J connectivity index is 0. The third-order valence-corrected chi connectivity index (χ3v) is 0. The third kappa shape index (κ3) is 36.0. The summed E-state index contributed by atoms with van der Waals surface area (Å²) in [5.74, 6) is 0. The number of rotatable bonds is 0. The smallest absolute Gasteiger partial charge is 0.151 e. The van der Waals surface area contributed by atoms with Gasteiger partial charge in [-0.2, -0.15) is 0 Å². The first-order valence-corrected chi connectivity index (χ1v) is 0.383. The fourth-order valence-electron chi connectivity index (χ4n) is 0. The summed E-state index contributed by atoms with van der Waals surface area (Å²) in [6.45, 7) is 0. The van der Waals surface area contributed by atoms with Crippen molar-refractivity contribution in [3.05, 3.63) is 10.4 Å². The van der Waals surface area contributed by atoms with Crippen LogP contribution in [0.2, 0.25) is 0 Å². The van der Waals surface area contributed by atoms with E-state index in [0.29, 0.717) is 0 Å². The Hall–Kier alpha value is -0.184. The first-order chi connectivity index (χ1) is 1.41. The summed E-state index contributed by atoms with van der Waals surface area (Å²) >= 11 is 0. The van der Waals surface area contributed by atoms with Crippen molar-refractivity contribution in [1.29, 1.82) is 0 Å². The first-order valence-electron chi connectivity index (χ1n) is 0.383. The molecule has 0 bridgehead atoms. The van der Waals surface area contributed by atoms with Gasteiger partial charge >= 0.3 is 0 Å². The molecule has 0 aromatic heterocycles. The van der Waals surface area contributed by atoms with Crippen molar-refractivity contribution in [2.24, 2.45) is 0 Å². The zero-order valence-corrected chi connectivity index (χ0v) is 2.68. The monoisotopic (exact) mass is 103 g/mol. The van der Waals surface area contributed by atoms with Gasteiger partial charge in [-0.1, -0.05) is 0 Å². The Bertz CT molecular complexity index is 27.0. The van der Waals surface area contributed by atoms with Crippen molar-refractivity contribution in [2.75, 3.05) is 0 Å². The molecular weight excluding hydrogens is 103 g/mol. The maximum Gasteiger partial charge on any atom is 0.151 e. The van der Waals surface area contributed by atoms with Gasteiger partial charge in [-0.25, -0.2) is 0 Å². The minimum absolute atomic E-state index is 0. The van der Waals surface area contributed by atoms with Crippen LogP contribution in [0.3, 0.4) is 0 Å². The Morgan fingerprint density at radius 1 is 1.75 bits per heavy atom. The van der Waals surface area contributed by atoms with Gasteiger partial charge in [-0.3, -0.25) is 5.53 Å². The van der Waals surface area contributed by atoms with Gasteiger partial charge in [0, 0.05) is 16.8 Å². The van der Waals surface area contributed by atoms with E-state index in [1.165, 1.54) is 4.97 Å². The quantitative estimate of drug-likeness (QED) is 0.310. The standard InChI is InChI=1S/Co.N2O/c;1-2-3. The van der Waals surface area contributed by atoms with Gasteiger partial charge in [-0.15, -0.1) is 0 Å². The maximum absolute atomic E-state index is 8.11. The van der Waals surface area contributed by atoms with Gasteiger partial charge in [0.2, 0.25) is 0 Å². The fraction of sp³-hybridized carbons (Fsp3) is 0. The molecule has 4 heteroatoms. The van der Waals surface area contributed by atoms with E-state index in [2.05, 4.69) is 0 Å². The van der Waals surface area contributed by atoms with E-state index in [9.17, 15) is 0 Å². The molecule has 0 aromatic rings. The Morgan fingerprint density at radius 2 is 1.75 bits per heavy atom. The molecule has 0 saturated carbocycles. The number of hydrogen-bond donors (Lipinski definition) is 0. The number of nitroso groups, excluding NO2 is 1. The van der Waals surface area contributed by atoms with E-state index in [4.69, 9.17) is 10.4 Å². The molecule has 1 radical (unpaired) electrons. The van der Waals surface area contributed by atoms with E-state index in [1.807, 2.05) is 0 Å². The molecule has 0 unspecified atom stereocenters. The van der Waals surface area contributed by atoms with Crippen molar-refractivity contribution in [1.82, 2.24) is 4.97 Å². The van der Waals surface area contributed by atoms with Gasteiger partial charge in [0.25, 0.3) is 0 Å². The second kappa shape index (κ2) is 13.9. The Kier molecular flexibility index (Phi) is 32.0. The van der Waals surface area contributed by atoms with E-state index in [0.717, 1.165) is 0 Å². The zero-order chi connectivity index (χ0) is 2.71. The van der Waals surface area contributed by atoms with Crippen LogP contribution in [0.25, 0.3) is 5.53 Å². The molecule has 0 heterocycles. The molecule has 25 valence electrons. The van der Waals surface area contributed by atoms with E-state index in [-0.39, 0.29) is 16.8 Å². The summed E-state index contributed by atoms with van der Waals surface area (Å²) in [5.41, 5.74) is 6.64. The molecule has 0 aliphatic rings. The summed E-state index contributed by atoms with van der Waals surface area (Å²) < 4.78 is 0. The second-order valence-electron chi connectivity index (χ2n) is 0.0816. The van der Waals surface area contributed by atoms with Crippen molar-refractivity contribution in [3.8, 4) is 0 Å². The van der Waals surface area contributed by atoms with Crippen molar-refractivity contribution >= 4 is 0 Å². The minimum Gasteiger partial charge on any atom is -0.294 e. The van der Waals surface area contributed by atoms with Gasteiger partial charge in [0.15, 0.2) is 4.91 Å². The molecule has 0 amide bonds. The van der Waals surface area contributed by atoms with Crippen LogP contribution in [0.1, 0.15) is 0 Å². The third-order valence-electron chi connectivity index (χ3n) is 0. The maximum atomic E-state index is 8.11. The summed E-state index contributed by atoms with van der Waals surface area (Å²) in [6, 6.07) is 0. The van der Waals surface area contributed by atoms with Crippen LogP contribution in [-0.2, 0) is 16.8 Å². The molecule has 0 aliphatic carbocycles. The predicted octanol–water partition coefficient (Wildman–Crippen LogP) is -0.161. The van der Waals surface area contributed by atoms with Crippen LogP contribution in [-0.4, -0.2) is 0 Å². The molecule has 0 N–H and O–H groups in total.